The number of rotatable bonds is 2. The van der Waals surface area contributed by atoms with Crippen LogP contribution in [-0.4, -0.2) is 15.2 Å². The van der Waals surface area contributed by atoms with Crippen molar-refractivity contribution in [1.82, 2.24) is 10.1 Å². The molecule has 0 aliphatic heterocycles. The number of halogens is 2. The summed E-state index contributed by atoms with van der Waals surface area (Å²) >= 11 is 5.70. The van der Waals surface area contributed by atoms with Gasteiger partial charge in [-0.25, -0.2) is 0 Å². The van der Waals surface area contributed by atoms with Crippen LogP contribution in [0.1, 0.15) is 0 Å². The van der Waals surface area contributed by atoms with E-state index < -0.39 is 0 Å². The lowest BCUT2D eigenvalue weighted by Gasteiger charge is -1.99. The highest BCUT2D eigenvalue weighted by Gasteiger charge is 2.13. The molecule has 0 saturated carbocycles. The van der Waals surface area contributed by atoms with Gasteiger partial charge in [0.15, 0.2) is 0 Å². The normalized spacial score (nSPS) is 10.7. The predicted octanol–water partition coefficient (Wildman–Crippen LogP) is 4.48. The highest BCUT2D eigenvalue weighted by atomic mass is 127. The lowest BCUT2D eigenvalue weighted by molar-refractivity contribution is 0.432. The molecular formula is C14H8BrIN2O2. The van der Waals surface area contributed by atoms with Crippen LogP contribution >= 0.6 is 38.5 Å². The van der Waals surface area contributed by atoms with Crippen LogP contribution in [0.15, 0.2) is 51.5 Å². The van der Waals surface area contributed by atoms with Crippen molar-refractivity contribution in [1.29, 1.82) is 0 Å². The molecule has 0 saturated heterocycles. The molecule has 20 heavy (non-hydrogen) atoms. The molecule has 4 nitrogen and oxygen atoms in total. The lowest BCUT2D eigenvalue weighted by atomic mass is 10.2. The molecule has 0 aliphatic carbocycles. The number of hydrogen-bond acceptors (Lipinski definition) is 4. The van der Waals surface area contributed by atoms with Crippen LogP contribution in [0.5, 0.6) is 5.75 Å². The van der Waals surface area contributed by atoms with E-state index in [-0.39, 0.29) is 5.75 Å². The summed E-state index contributed by atoms with van der Waals surface area (Å²) in [6.45, 7) is 0. The average molecular weight is 443 g/mol. The molecule has 0 radical (unpaired) electrons. The lowest BCUT2D eigenvalue weighted by Crippen LogP contribution is -1.83. The van der Waals surface area contributed by atoms with E-state index in [9.17, 15) is 5.11 Å². The Morgan fingerprint density at radius 3 is 2.80 bits per heavy atom. The largest absolute Gasteiger partial charge is 0.508 e. The first-order valence-electron chi connectivity index (χ1n) is 5.72. The van der Waals surface area contributed by atoms with Crippen LogP contribution in [0.2, 0.25) is 0 Å². The Bertz CT molecular complexity index is 773. The van der Waals surface area contributed by atoms with E-state index >= 15 is 0 Å². The molecule has 1 aromatic heterocycles. The number of benzene rings is 2. The Labute approximate surface area is 137 Å². The van der Waals surface area contributed by atoms with Gasteiger partial charge >= 0.3 is 0 Å². The van der Waals surface area contributed by atoms with Gasteiger partial charge in [-0.1, -0.05) is 17.3 Å². The molecule has 0 atom stereocenters. The molecule has 0 spiro atoms. The van der Waals surface area contributed by atoms with E-state index in [0.29, 0.717) is 17.3 Å². The van der Waals surface area contributed by atoms with Gasteiger partial charge in [-0.3, -0.25) is 0 Å². The minimum atomic E-state index is 0.171. The molecule has 0 aliphatic rings. The summed E-state index contributed by atoms with van der Waals surface area (Å²) < 4.78 is 7.28. The van der Waals surface area contributed by atoms with Crippen LogP contribution in [0.3, 0.4) is 0 Å². The number of phenols is 1. The number of hydrogen-bond donors (Lipinski definition) is 1. The zero-order valence-electron chi connectivity index (χ0n) is 10.0. The van der Waals surface area contributed by atoms with Gasteiger partial charge in [0.2, 0.25) is 5.82 Å². The van der Waals surface area contributed by atoms with Crippen molar-refractivity contribution < 1.29 is 9.63 Å². The number of phenolic OH excluding ortho intramolecular Hbond substituents is 1. The smallest absolute Gasteiger partial charge is 0.259 e. The Balaban J connectivity index is 2.04. The molecule has 0 fully saturated rings. The van der Waals surface area contributed by atoms with Gasteiger partial charge in [0.25, 0.3) is 5.89 Å². The maximum atomic E-state index is 9.48. The zero-order valence-corrected chi connectivity index (χ0v) is 13.8. The van der Waals surface area contributed by atoms with Gasteiger partial charge in [-0.05, 0) is 68.9 Å². The van der Waals surface area contributed by atoms with Gasteiger partial charge in [0.1, 0.15) is 5.75 Å². The molecular weight excluding hydrogens is 435 g/mol. The standard InChI is InChI=1S/C14H8BrIN2O2/c15-12-5-4-9(16)7-11(12)14-17-13(18-20-14)8-2-1-3-10(19)6-8/h1-7,19H. The van der Waals surface area contributed by atoms with E-state index in [1.165, 1.54) is 0 Å². The summed E-state index contributed by atoms with van der Waals surface area (Å²) in [7, 11) is 0. The summed E-state index contributed by atoms with van der Waals surface area (Å²) in [4.78, 5) is 4.37. The van der Waals surface area contributed by atoms with Crippen molar-refractivity contribution in [2.75, 3.05) is 0 Å². The Hall–Kier alpha value is -1.41. The second-order valence-corrected chi connectivity index (χ2v) is 6.20. The van der Waals surface area contributed by atoms with Crippen molar-refractivity contribution in [2.45, 2.75) is 0 Å². The average Bonchev–Trinajstić information content (AvgIpc) is 2.91. The van der Waals surface area contributed by atoms with E-state index in [2.05, 4.69) is 48.7 Å². The van der Waals surface area contributed by atoms with Gasteiger partial charge in [-0.2, -0.15) is 4.98 Å². The SMILES string of the molecule is Oc1cccc(-c2noc(-c3cc(I)ccc3Br)n2)c1. The summed E-state index contributed by atoms with van der Waals surface area (Å²) in [5, 5.41) is 13.4. The third-order valence-electron chi connectivity index (χ3n) is 2.69. The minimum Gasteiger partial charge on any atom is -0.508 e. The molecule has 3 rings (SSSR count). The quantitative estimate of drug-likeness (QED) is 0.594. The topological polar surface area (TPSA) is 59.2 Å². The number of aromatic hydroxyl groups is 1. The maximum Gasteiger partial charge on any atom is 0.259 e. The molecule has 1 N–H and O–H groups in total. The third-order valence-corrected chi connectivity index (χ3v) is 4.05. The van der Waals surface area contributed by atoms with Gasteiger partial charge in [0, 0.05) is 13.6 Å². The molecule has 0 bridgehead atoms. The Morgan fingerprint density at radius 1 is 1.15 bits per heavy atom. The van der Waals surface area contributed by atoms with Crippen LogP contribution in [-0.2, 0) is 0 Å². The fraction of sp³-hybridized carbons (Fsp3) is 0. The second-order valence-electron chi connectivity index (χ2n) is 4.10. The van der Waals surface area contributed by atoms with Crippen molar-refractivity contribution >= 4 is 38.5 Å². The van der Waals surface area contributed by atoms with Crippen molar-refractivity contribution in [3.8, 4) is 28.6 Å². The fourth-order valence-electron chi connectivity index (χ4n) is 1.76. The van der Waals surface area contributed by atoms with Crippen LogP contribution < -0.4 is 0 Å². The van der Waals surface area contributed by atoms with Gasteiger partial charge in [-0.15, -0.1) is 0 Å². The summed E-state index contributed by atoms with van der Waals surface area (Å²) in [6, 6.07) is 12.6. The Kier molecular flexibility index (Phi) is 3.75. The van der Waals surface area contributed by atoms with E-state index in [1.54, 1.807) is 18.2 Å². The highest BCUT2D eigenvalue weighted by Crippen LogP contribution is 2.30. The van der Waals surface area contributed by atoms with Crippen LogP contribution in [0.25, 0.3) is 22.8 Å². The molecule has 0 amide bonds. The third kappa shape index (κ3) is 2.71. The number of nitrogens with zero attached hydrogens (tertiary/aromatic N) is 2. The monoisotopic (exact) mass is 442 g/mol. The second kappa shape index (κ2) is 5.53. The molecule has 2 aromatic carbocycles. The first-order chi connectivity index (χ1) is 9.63. The molecule has 0 unspecified atom stereocenters. The van der Waals surface area contributed by atoms with E-state index in [1.807, 2.05) is 24.3 Å². The summed E-state index contributed by atoms with van der Waals surface area (Å²) in [5.74, 6) is 1.06. The minimum absolute atomic E-state index is 0.171. The Morgan fingerprint density at radius 2 is 2.00 bits per heavy atom. The zero-order chi connectivity index (χ0) is 14.1. The first-order valence-corrected chi connectivity index (χ1v) is 7.59. The van der Waals surface area contributed by atoms with Crippen LogP contribution in [0, 0.1) is 3.57 Å². The van der Waals surface area contributed by atoms with E-state index in [4.69, 9.17) is 4.52 Å². The summed E-state index contributed by atoms with van der Waals surface area (Å²) in [6.07, 6.45) is 0. The molecule has 100 valence electrons. The molecule has 3 aromatic rings. The first kappa shape index (κ1) is 13.6. The summed E-state index contributed by atoms with van der Waals surface area (Å²) in [5.41, 5.74) is 1.55. The van der Waals surface area contributed by atoms with E-state index in [0.717, 1.165) is 13.6 Å². The van der Waals surface area contributed by atoms with Crippen molar-refractivity contribution in [3.05, 3.63) is 50.5 Å². The predicted molar refractivity (Wildman–Crippen MR) is 87.3 cm³/mol. The molecule has 6 heteroatoms. The number of aromatic nitrogens is 2. The highest BCUT2D eigenvalue weighted by molar-refractivity contribution is 14.1. The maximum absolute atomic E-state index is 9.48. The van der Waals surface area contributed by atoms with Gasteiger partial charge in [0.05, 0.1) is 5.56 Å². The van der Waals surface area contributed by atoms with Crippen molar-refractivity contribution in [2.24, 2.45) is 0 Å². The van der Waals surface area contributed by atoms with Crippen molar-refractivity contribution in [3.63, 3.8) is 0 Å². The molecule has 1 heterocycles. The van der Waals surface area contributed by atoms with Crippen LogP contribution in [0.4, 0.5) is 0 Å². The van der Waals surface area contributed by atoms with Gasteiger partial charge < -0.3 is 9.63 Å². The fourth-order valence-corrected chi connectivity index (χ4v) is 2.66.